The van der Waals surface area contributed by atoms with Crippen LogP contribution in [0, 0.1) is 6.42 Å². The Balaban J connectivity index is 2.09. The summed E-state index contributed by atoms with van der Waals surface area (Å²) in [6.45, 7) is 0. The molecule has 0 spiro atoms. The molecule has 13 heavy (non-hydrogen) atoms. The van der Waals surface area contributed by atoms with E-state index in [1.165, 1.54) is 64.2 Å². The molecule has 75 valence electrons. The van der Waals surface area contributed by atoms with Crippen LogP contribution in [0.5, 0.6) is 0 Å². The maximum Gasteiger partial charge on any atom is -0.0351 e. The lowest BCUT2D eigenvalue weighted by molar-refractivity contribution is 0.640. The molecule has 0 aromatic heterocycles. The van der Waals surface area contributed by atoms with Gasteiger partial charge in [-0.1, -0.05) is 50.7 Å². The third kappa shape index (κ3) is 6.86. The average Bonchev–Trinajstić information content (AvgIpc) is 2.18. The summed E-state index contributed by atoms with van der Waals surface area (Å²) in [6, 6.07) is 0. The molecule has 0 saturated carbocycles. The van der Waals surface area contributed by atoms with Crippen molar-refractivity contribution in [2.75, 3.05) is 0 Å². The van der Waals surface area contributed by atoms with E-state index in [1.807, 2.05) is 0 Å². The minimum atomic E-state index is 1.31. The van der Waals surface area contributed by atoms with Crippen LogP contribution in [0.4, 0.5) is 0 Å². The molecule has 0 atom stereocenters. The van der Waals surface area contributed by atoms with Crippen LogP contribution in [0.1, 0.15) is 64.2 Å². The van der Waals surface area contributed by atoms with Crippen molar-refractivity contribution in [2.24, 2.45) is 0 Å². The number of rotatable bonds is 0. The van der Waals surface area contributed by atoms with Crippen LogP contribution in [0.3, 0.4) is 0 Å². The summed E-state index contributed by atoms with van der Waals surface area (Å²) in [5, 5.41) is 0. The standard InChI is InChI=1S/C13H23/c1-2-4-6-8-10-12-13-11-9-7-5-3-1/h1-2,13H,3-12H2. The van der Waals surface area contributed by atoms with Crippen molar-refractivity contribution < 1.29 is 0 Å². The quantitative estimate of drug-likeness (QED) is 0.474. The van der Waals surface area contributed by atoms with Gasteiger partial charge in [-0.15, -0.1) is 0 Å². The first kappa shape index (κ1) is 10.8. The van der Waals surface area contributed by atoms with Gasteiger partial charge in [0.15, 0.2) is 0 Å². The topological polar surface area (TPSA) is 0 Å². The molecule has 0 aromatic rings. The minimum absolute atomic E-state index is 1.31. The Labute approximate surface area is 83.4 Å². The van der Waals surface area contributed by atoms with Gasteiger partial charge < -0.3 is 0 Å². The van der Waals surface area contributed by atoms with Gasteiger partial charge in [0.1, 0.15) is 0 Å². The normalized spacial score (nSPS) is 22.8. The van der Waals surface area contributed by atoms with Crippen molar-refractivity contribution in [3.8, 4) is 0 Å². The van der Waals surface area contributed by atoms with Crippen molar-refractivity contribution in [3.63, 3.8) is 0 Å². The molecule has 0 heteroatoms. The maximum atomic E-state index is 2.49. The van der Waals surface area contributed by atoms with E-state index in [2.05, 4.69) is 18.6 Å². The summed E-state index contributed by atoms with van der Waals surface area (Å²) in [5.74, 6) is 0. The van der Waals surface area contributed by atoms with Crippen LogP contribution in [-0.4, -0.2) is 0 Å². The highest BCUT2D eigenvalue weighted by molar-refractivity contribution is 4.81. The van der Waals surface area contributed by atoms with Crippen molar-refractivity contribution in [2.45, 2.75) is 64.2 Å². The molecular weight excluding hydrogens is 156 g/mol. The summed E-state index contributed by atoms with van der Waals surface area (Å²) < 4.78 is 0. The zero-order valence-electron chi connectivity index (χ0n) is 8.80. The summed E-state index contributed by atoms with van der Waals surface area (Å²) in [6.07, 6.45) is 21.0. The molecule has 0 fully saturated rings. The SMILES string of the molecule is [CH]1CCCCCC=CCCCCC1. The first-order chi connectivity index (χ1) is 6.50. The zero-order valence-corrected chi connectivity index (χ0v) is 8.80. The van der Waals surface area contributed by atoms with Crippen molar-refractivity contribution in [1.29, 1.82) is 0 Å². The highest BCUT2D eigenvalue weighted by Gasteiger charge is 1.93. The Morgan fingerprint density at radius 2 is 0.923 bits per heavy atom. The summed E-state index contributed by atoms with van der Waals surface area (Å²) in [5.41, 5.74) is 0. The fraction of sp³-hybridized carbons (Fsp3) is 0.769. The largest absolute Gasteiger partial charge is 0.0885 e. The lowest BCUT2D eigenvalue weighted by Crippen LogP contribution is -1.81. The molecule has 1 aliphatic rings. The second kappa shape index (κ2) is 8.34. The average molecular weight is 179 g/mol. The van der Waals surface area contributed by atoms with E-state index in [1.54, 1.807) is 0 Å². The predicted molar refractivity (Wildman–Crippen MR) is 59.6 cm³/mol. The summed E-state index contributed by atoms with van der Waals surface area (Å²) in [4.78, 5) is 0. The Morgan fingerprint density at radius 3 is 1.46 bits per heavy atom. The van der Waals surface area contributed by atoms with Gasteiger partial charge in [-0.25, -0.2) is 0 Å². The smallest absolute Gasteiger partial charge is 0.0351 e. The van der Waals surface area contributed by atoms with E-state index >= 15 is 0 Å². The third-order valence-electron chi connectivity index (χ3n) is 2.72. The molecule has 0 N–H and O–H groups in total. The fourth-order valence-electron chi connectivity index (χ4n) is 1.84. The molecule has 1 aliphatic carbocycles. The number of allylic oxidation sites excluding steroid dienone is 2. The van der Waals surface area contributed by atoms with Gasteiger partial charge in [0.2, 0.25) is 0 Å². The molecule has 0 saturated heterocycles. The zero-order chi connectivity index (χ0) is 9.19. The molecule has 0 unspecified atom stereocenters. The lowest BCUT2D eigenvalue weighted by Gasteiger charge is -1.99. The Morgan fingerprint density at radius 1 is 0.462 bits per heavy atom. The number of hydrogen-bond donors (Lipinski definition) is 0. The van der Waals surface area contributed by atoms with E-state index in [0.29, 0.717) is 0 Å². The minimum Gasteiger partial charge on any atom is -0.0885 e. The molecule has 0 nitrogen and oxygen atoms in total. The second-order valence-electron chi connectivity index (χ2n) is 4.04. The second-order valence-corrected chi connectivity index (χ2v) is 4.04. The van der Waals surface area contributed by atoms with Gasteiger partial charge in [0, 0.05) is 0 Å². The van der Waals surface area contributed by atoms with Gasteiger partial charge in [0.25, 0.3) is 0 Å². The Bertz CT molecular complexity index is 110. The van der Waals surface area contributed by atoms with Gasteiger partial charge >= 0.3 is 0 Å². The first-order valence-electron chi connectivity index (χ1n) is 5.97. The summed E-state index contributed by atoms with van der Waals surface area (Å²) >= 11 is 0. The van der Waals surface area contributed by atoms with E-state index in [9.17, 15) is 0 Å². The fourth-order valence-corrected chi connectivity index (χ4v) is 1.84. The predicted octanol–water partition coefficient (Wildman–Crippen LogP) is 4.66. The van der Waals surface area contributed by atoms with Crippen LogP contribution in [0.15, 0.2) is 12.2 Å². The Kier molecular flexibility index (Phi) is 6.94. The maximum absolute atomic E-state index is 2.49. The van der Waals surface area contributed by atoms with Gasteiger partial charge in [-0.2, -0.15) is 0 Å². The van der Waals surface area contributed by atoms with Gasteiger partial charge in [0.05, 0.1) is 0 Å². The van der Waals surface area contributed by atoms with Crippen molar-refractivity contribution >= 4 is 0 Å². The molecule has 0 aliphatic heterocycles. The first-order valence-corrected chi connectivity index (χ1v) is 5.97. The number of hydrogen-bond acceptors (Lipinski definition) is 0. The van der Waals surface area contributed by atoms with Crippen molar-refractivity contribution in [3.05, 3.63) is 18.6 Å². The van der Waals surface area contributed by atoms with Gasteiger partial charge in [-0.05, 0) is 32.1 Å². The van der Waals surface area contributed by atoms with Crippen LogP contribution < -0.4 is 0 Å². The monoisotopic (exact) mass is 179 g/mol. The molecule has 0 bridgehead atoms. The van der Waals surface area contributed by atoms with E-state index in [0.717, 1.165) is 0 Å². The Hall–Kier alpha value is -0.260. The van der Waals surface area contributed by atoms with Crippen LogP contribution in [0.2, 0.25) is 0 Å². The van der Waals surface area contributed by atoms with Crippen LogP contribution in [0.25, 0.3) is 0 Å². The van der Waals surface area contributed by atoms with Crippen LogP contribution in [-0.2, 0) is 0 Å². The lowest BCUT2D eigenvalue weighted by atomic mass is 10.1. The van der Waals surface area contributed by atoms with Gasteiger partial charge in [-0.3, -0.25) is 0 Å². The van der Waals surface area contributed by atoms with Crippen LogP contribution >= 0.6 is 0 Å². The molecule has 0 amide bonds. The van der Waals surface area contributed by atoms with E-state index in [-0.39, 0.29) is 0 Å². The van der Waals surface area contributed by atoms with E-state index in [4.69, 9.17) is 0 Å². The van der Waals surface area contributed by atoms with Crippen molar-refractivity contribution in [1.82, 2.24) is 0 Å². The van der Waals surface area contributed by atoms with E-state index < -0.39 is 0 Å². The highest BCUT2D eigenvalue weighted by Crippen LogP contribution is 2.12. The molecular formula is C13H23. The molecule has 0 heterocycles. The summed E-state index contributed by atoms with van der Waals surface area (Å²) in [7, 11) is 0. The molecule has 0 aromatic carbocycles. The highest BCUT2D eigenvalue weighted by atomic mass is 14.0. The third-order valence-corrected chi connectivity index (χ3v) is 2.72. The molecule has 1 rings (SSSR count). The molecule has 1 radical (unpaired) electrons.